The highest BCUT2D eigenvalue weighted by atomic mass is 15.1. The lowest BCUT2D eigenvalue weighted by Gasteiger charge is -2.22. The predicted octanol–water partition coefficient (Wildman–Crippen LogP) is 11.4. The lowest BCUT2D eigenvalue weighted by atomic mass is 10.1. The number of hydrogen-bond donors (Lipinski definition) is 0. The second-order valence-electron chi connectivity index (χ2n) is 12.3. The van der Waals surface area contributed by atoms with Crippen molar-refractivity contribution in [3.8, 4) is 23.1 Å². The van der Waals surface area contributed by atoms with Crippen LogP contribution >= 0.6 is 0 Å². The molecule has 0 radical (unpaired) electrons. The van der Waals surface area contributed by atoms with Crippen molar-refractivity contribution in [1.82, 2.24) is 13.7 Å². The Morgan fingerprint density at radius 1 is 0.429 bits per heavy atom. The molecule has 0 atom stereocenters. The fourth-order valence-electron chi connectivity index (χ4n) is 7.95. The van der Waals surface area contributed by atoms with Gasteiger partial charge < -0.3 is 13.7 Å². The molecule has 226 valence electrons. The van der Waals surface area contributed by atoms with Crippen LogP contribution in [0.25, 0.3) is 87.3 Å². The number of fused-ring (bicyclic) bond motifs is 9. The van der Waals surface area contributed by atoms with Gasteiger partial charge in [-0.2, -0.15) is 5.26 Å². The van der Waals surface area contributed by atoms with E-state index in [9.17, 15) is 5.26 Å². The minimum Gasteiger partial charge on any atom is -0.318 e. The highest BCUT2D eigenvalue weighted by Gasteiger charge is 2.28. The molecule has 0 saturated carbocycles. The molecule has 3 heterocycles. The van der Waals surface area contributed by atoms with Crippen molar-refractivity contribution >= 4 is 71.1 Å². The lowest BCUT2D eigenvalue weighted by molar-refractivity contribution is 1.08. The van der Waals surface area contributed by atoms with Crippen molar-refractivity contribution in [3.05, 3.63) is 169 Å². The molecule has 0 bridgehead atoms. The molecule has 3 aromatic heterocycles. The van der Waals surface area contributed by atoms with Gasteiger partial charge in [-0.3, -0.25) is 0 Å². The summed E-state index contributed by atoms with van der Waals surface area (Å²) in [5.74, 6) is 0. The third-order valence-electron chi connectivity index (χ3n) is 9.89. The molecule has 0 spiro atoms. The minimum atomic E-state index is 0.411. The quantitative estimate of drug-likeness (QED) is 0.181. The first-order valence-corrected chi connectivity index (χ1v) is 16.2. The molecule has 10 rings (SSSR count). The maximum absolute atomic E-state index is 11.0. The summed E-state index contributed by atoms with van der Waals surface area (Å²) in [7, 11) is 0. The molecule has 10 aromatic rings. The summed E-state index contributed by atoms with van der Waals surface area (Å²) in [5.41, 5.74) is 8.83. The Kier molecular flexibility index (Phi) is 5.64. The van der Waals surface area contributed by atoms with Gasteiger partial charge in [-0.1, -0.05) is 109 Å². The summed E-state index contributed by atoms with van der Waals surface area (Å²) in [6.07, 6.45) is 0. The van der Waals surface area contributed by atoms with Crippen LogP contribution in [-0.2, 0) is 0 Å². The van der Waals surface area contributed by atoms with E-state index in [0.717, 1.165) is 76.8 Å². The summed E-state index contributed by atoms with van der Waals surface area (Å²) in [5, 5.41) is 17.6. The standard InChI is InChI=1S/C44H25N5/c1-46-42-43(48-37-22-10-4-16-31(37)32-17-5-11-23-38(32)48)28(27-45)26-41(47-35-20-8-2-14-29(35)30-15-3-9-21-36(30)47)44(42)49-39-24-12-6-18-33(39)34-19-7-13-25-40(34)49/h2-26H. The van der Waals surface area contributed by atoms with Crippen molar-refractivity contribution in [2.45, 2.75) is 0 Å². The Balaban J connectivity index is 1.48. The molecular weight excluding hydrogens is 599 g/mol. The molecule has 0 amide bonds. The normalized spacial score (nSPS) is 11.6. The first-order chi connectivity index (χ1) is 24.3. The van der Waals surface area contributed by atoms with Crippen molar-refractivity contribution in [2.24, 2.45) is 0 Å². The van der Waals surface area contributed by atoms with Gasteiger partial charge in [0, 0.05) is 32.3 Å². The lowest BCUT2D eigenvalue weighted by Crippen LogP contribution is -2.08. The summed E-state index contributed by atoms with van der Waals surface area (Å²) in [6, 6.07) is 54.5. The van der Waals surface area contributed by atoms with Gasteiger partial charge in [0.05, 0.1) is 62.3 Å². The molecule has 0 aliphatic carbocycles. The second-order valence-corrected chi connectivity index (χ2v) is 12.3. The van der Waals surface area contributed by atoms with Crippen LogP contribution in [0.4, 0.5) is 5.69 Å². The monoisotopic (exact) mass is 623 g/mol. The van der Waals surface area contributed by atoms with Crippen LogP contribution in [0.3, 0.4) is 0 Å². The Bertz CT molecular complexity index is 2920. The van der Waals surface area contributed by atoms with Gasteiger partial charge in [0.1, 0.15) is 6.07 Å². The highest BCUT2D eigenvalue weighted by molar-refractivity contribution is 6.14. The molecule has 0 N–H and O–H groups in total. The van der Waals surface area contributed by atoms with E-state index in [1.807, 2.05) is 54.6 Å². The molecule has 0 aliphatic rings. The van der Waals surface area contributed by atoms with E-state index in [0.29, 0.717) is 16.9 Å². The van der Waals surface area contributed by atoms with Crippen molar-refractivity contribution < 1.29 is 0 Å². The zero-order valence-electron chi connectivity index (χ0n) is 26.2. The summed E-state index contributed by atoms with van der Waals surface area (Å²) in [4.78, 5) is 4.39. The van der Waals surface area contributed by atoms with Gasteiger partial charge in [-0.25, -0.2) is 4.85 Å². The first-order valence-electron chi connectivity index (χ1n) is 16.2. The number of nitriles is 1. The molecule has 5 heteroatoms. The van der Waals surface area contributed by atoms with Crippen molar-refractivity contribution in [1.29, 1.82) is 5.26 Å². The average molecular weight is 624 g/mol. The number of aromatic nitrogens is 3. The molecule has 5 nitrogen and oxygen atoms in total. The third-order valence-corrected chi connectivity index (χ3v) is 9.89. The molecule has 0 aliphatic heterocycles. The number of nitrogens with zero attached hydrogens (tertiary/aromatic N) is 5. The molecular formula is C44H25N5. The van der Waals surface area contributed by atoms with Crippen LogP contribution < -0.4 is 0 Å². The Morgan fingerprint density at radius 3 is 1.06 bits per heavy atom. The van der Waals surface area contributed by atoms with E-state index >= 15 is 0 Å². The first kappa shape index (κ1) is 27.1. The van der Waals surface area contributed by atoms with Gasteiger partial charge in [0.2, 0.25) is 5.69 Å². The average Bonchev–Trinajstić information content (AvgIpc) is 3.80. The zero-order chi connectivity index (χ0) is 32.6. The van der Waals surface area contributed by atoms with E-state index in [4.69, 9.17) is 6.57 Å². The molecule has 7 aromatic carbocycles. The van der Waals surface area contributed by atoms with E-state index in [1.54, 1.807) is 0 Å². The fourth-order valence-corrected chi connectivity index (χ4v) is 7.95. The fraction of sp³-hybridized carbons (Fsp3) is 0. The highest BCUT2D eigenvalue weighted by Crippen LogP contribution is 2.47. The SMILES string of the molecule is [C-]#[N+]c1c(-n2c3ccccc3c3ccccc32)c(C#N)cc(-n2c3ccccc3c3ccccc32)c1-n1c2ccccc2c2ccccc21. The number of benzene rings is 7. The maximum Gasteiger partial charge on any atom is 0.237 e. The number of para-hydroxylation sites is 6. The maximum atomic E-state index is 11.0. The van der Waals surface area contributed by atoms with Crippen LogP contribution in [0.5, 0.6) is 0 Å². The van der Waals surface area contributed by atoms with E-state index < -0.39 is 0 Å². The summed E-state index contributed by atoms with van der Waals surface area (Å²) < 4.78 is 6.58. The van der Waals surface area contributed by atoms with Crippen LogP contribution in [0, 0.1) is 17.9 Å². The smallest absolute Gasteiger partial charge is 0.237 e. The Labute approximate surface area is 281 Å². The third kappa shape index (κ3) is 3.62. The number of rotatable bonds is 3. The molecule has 0 unspecified atom stereocenters. The van der Waals surface area contributed by atoms with E-state index in [2.05, 4.69) is 122 Å². The van der Waals surface area contributed by atoms with E-state index in [-0.39, 0.29) is 0 Å². The van der Waals surface area contributed by atoms with Crippen LogP contribution in [-0.4, -0.2) is 13.7 Å². The zero-order valence-corrected chi connectivity index (χ0v) is 26.2. The van der Waals surface area contributed by atoms with Crippen LogP contribution in [0.1, 0.15) is 5.56 Å². The van der Waals surface area contributed by atoms with Crippen molar-refractivity contribution in [3.63, 3.8) is 0 Å². The Morgan fingerprint density at radius 2 is 0.735 bits per heavy atom. The minimum absolute atomic E-state index is 0.411. The van der Waals surface area contributed by atoms with Crippen LogP contribution in [0.2, 0.25) is 0 Å². The number of hydrogen-bond acceptors (Lipinski definition) is 1. The summed E-state index contributed by atoms with van der Waals surface area (Å²) in [6.45, 7) is 8.96. The van der Waals surface area contributed by atoms with E-state index in [1.165, 1.54) is 0 Å². The largest absolute Gasteiger partial charge is 0.318 e. The molecule has 49 heavy (non-hydrogen) atoms. The summed E-state index contributed by atoms with van der Waals surface area (Å²) >= 11 is 0. The van der Waals surface area contributed by atoms with Crippen molar-refractivity contribution in [2.75, 3.05) is 0 Å². The predicted molar refractivity (Wildman–Crippen MR) is 200 cm³/mol. The Hall–Kier alpha value is -7.08. The van der Waals surface area contributed by atoms with Gasteiger partial charge in [0.15, 0.2) is 0 Å². The second kappa shape index (κ2) is 10.2. The molecule has 0 fully saturated rings. The van der Waals surface area contributed by atoms with Gasteiger partial charge in [-0.05, 0) is 42.5 Å². The van der Waals surface area contributed by atoms with Gasteiger partial charge >= 0.3 is 0 Å². The topological polar surface area (TPSA) is 42.9 Å². The van der Waals surface area contributed by atoms with Crippen LogP contribution in [0.15, 0.2) is 152 Å². The van der Waals surface area contributed by atoms with Gasteiger partial charge in [0.25, 0.3) is 0 Å². The molecule has 0 saturated heterocycles. The van der Waals surface area contributed by atoms with Gasteiger partial charge in [-0.15, -0.1) is 0 Å².